The Morgan fingerprint density at radius 1 is 1.12 bits per heavy atom. The van der Waals surface area contributed by atoms with E-state index in [2.05, 4.69) is 21.8 Å². The van der Waals surface area contributed by atoms with Crippen LogP contribution in [0.25, 0.3) is 0 Å². The lowest BCUT2D eigenvalue weighted by Crippen LogP contribution is -2.38. The quantitative estimate of drug-likeness (QED) is 0.642. The van der Waals surface area contributed by atoms with Crippen LogP contribution in [-0.4, -0.2) is 51.3 Å². The van der Waals surface area contributed by atoms with Crippen LogP contribution in [0.4, 0.5) is 0 Å². The summed E-state index contributed by atoms with van der Waals surface area (Å²) in [5.74, 6) is 1.95. The van der Waals surface area contributed by atoms with Crippen molar-refractivity contribution in [1.29, 1.82) is 0 Å². The predicted molar refractivity (Wildman–Crippen MR) is 128 cm³/mol. The minimum atomic E-state index is -3.54. The fourth-order valence-corrected chi connectivity index (χ4v) is 5.68. The van der Waals surface area contributed by atoms with Crippen molar-refractivity contribution < 1.29 is 17.9 Å². The van der Waals surface area contributed by atoms with E-state index in [0.717, 1.165) is 44.5 Å². The number of fused-ring (bicyclic) bond motifs is 1. The molecule has 2 heterocycles. The maximum Gasteiger partial charge on any atom is 0.263 e. The van der Waals surface area contributed by atoms with E-state index < -0.39 is 10.0 Å². The number of carbonyl (C=O) groups excluding carboxylic acids is 1. The zero-order chi connectivity index (χ0) is 23.3. The van der Waals surface area contributed by atoms with Gasteiger partial charge >= 0.3 is 0 Å². The third-order valence-corrected chi connectivity index (χ3v) is 7.70. The minimum absolute atomic E-state index is 0.0819. The normalized spacial score (nSPS) is 18.7. The first kappa shape index (κ1) is 23.3. The summed E-state index contributed by atoms with van der Waals surface area (Å²) in [5.41, 5.74) is 1.89. The molecule has 0 atom stereocenters. The largest absolute Gasteiger partial charge is 0.494 e. The Balaban J connectivity index is 1.20. The highest BCUT2D eigenvalue weighted by Crippen LogP contribution is 2.24. The molecule has 4 rings (SSSR count). The zero-order valence-electron chi connectivity index (χ0n) is 19.0. The van der Waals surface area contributed by atoms with Crippen molar-refractivity contribution in [3.05, 3.63) is 59.7 Å². The van der Waals surface area contributed by atoms with Crippen molar-refractivity contribution in [2.45, 2.75) is 43.9 Å². The Morgan fingerprint density at radius 2 is 1.85 bits per heavy atom. The SMILES string of the molecule is CCOc1ccc(CCC2CCN(C(=O)CCN=C3NS(=O)(=O)c4ccccc43)CC2)cc1. The standard InChI is InChI=1S/C25H31N3O4S/c1-2-32-21-11-9-19(10-12-21)7-8-20-14-17-28(18-15-20)24(29)13-16-26-25-22-5-3-4-6-23(22)33(30,31)27-25/h3-6,9-12,20H,2,7-8,13-18H2,1H3,(H,26,27). The molecule has 0 aliphatic carbocycles. The van der Waals surface area contributed by atoms with Crippen LogP contribution in [-0.2, 0) is 21.2 Å². The van der Waals surface area contributed by atoms with Crippen LogP contribution in [0.15, 0.2) is 58.4 Å². The monoisotopic (exact) mass is 469 g/mol. The molecule has 8 heteroatoms. The van der Waals surface area contributed by atoms with Gasteiger partial charge in [0, 0.05) is 25.1 Å². The highest BCUT2D eigenvalue weighted by molar-refractivity contribution is 7.90. The number of sulfonamides is 1. The van der Waals surface area contributed by atoms with Crippen molar-refractivity contribution in [3.63, 3.8) is 0 Å². The Morgan fingerprint density at radius 3 is 2.58 bits per heavy atom. The number of rotatable bonds is 8. The molecule has 1 amide bonds. The molecule has 1 fully saturated rings. The third kappa shape index (κ3) is 5.74. The van der Waals surface area contributed by atoms with Crippen LogP contribution >= 0.6 is 0 Å². The smallest absolute Gasteiger partial charge is 0.263 e. The van der Waals surface area contributed by atoms with Gasteiger partial charge in [0.15, 0.2) is 0 Å². The first-order chi connectivity index (χ1) is 16.0. The Kier molecular flexibility index (Phi) is 7.33. The molecule has 0 bridgehead atoms. The molecule has 176 valence electrons. The van der Waals surface area contributed by atoms with Crippen molar-refractivity contribution in [2.24, 2.45) is 10.9 Å². The number of piperidine rings is 1. The molecule has 0 saturated carbocycles. The van der Waals surface area contributed by atoms with E-state index in [-0.39, 0.29) is 23.8 Å². The van der Waals surface area contributed by atoms with Gasteiger partial charge in [-0.3, -0.25) is 14.5 Å². The molecule has 0 radical (unpaired) electrons. The van der Waals surface area contributed by atoms with Gasteiger partial charge in [0.1, 0.15) is 11.6 Å². The van der Waals surface area contributed by atoms with Crippen LogP contribution in [0.2, 0.25) is 0 Å². The average Bonchev–Trinajstić information content (AvgIpc) is 3.09. The molecule has 2 aromatic rings. The van der Waals surface area contributed by atoms with Gasteiger partial charge in [-0.1, -0.05) is 24.3 Å². The van der Waals surface area contributed by atoms with E-state index in [4.69, 9.17) is 4.74 Å². The lowest BCUT2D eigenvalue weighted by atomic mass is 9.90. The maximum atomic E-state index is 12.6. The number of likely N-dealkylation sites (tertiary alicyclic amines) is 1. The fourth-order valence-electron chi connectivity index (χ4n) is 4.43. The van der Waals surface area contributed by atoms with Crippen LogP contribution in [0, 0.1) is 5.92 Å². The van der Waals surface area contributed by atoms with E-state index in [1.54, 1.807) is 24.3 Å². The summed E-state index contributed by atoms with van der Waals surface area (Å²) in [7, 11) is -3.54. The van der Waals surface area contributed by atoms with E-state index in [9.17, 15) is 13.2 Å². The lowest BCUT2D eigenvalue weighted by Gasteiger charge is -2.32. The first-order valence-electron chi connectivity index (χ1n) is 11.6. The van der Waals surface area contributed by atoms with Crippen molar-refractivity contribution in [2.75, 3.05) is 26.2 Å². The molecule has 0 spiro atoms. The summed E-state index contributed by atoms with van der Waals surface area (Å²) in [4.78, 5) is 19.1. The van der Waals surface area contributed by atoms with Gasteiger partial charge in [-0.25, -0.2) is 8.42 Å². The Labute approximate surface area is 195 Å². The number of nitrogens with one attached hydrogen (secondary N) is 1. The Bertz CT molecular complexity index is 1100. The van der Waals surface area contributed by atoms with Crippen LogP contribution in [0.1, 0.15) is 43.7 Å². The van der Waals surface area contributed by atoms with E-state index in [1.807, 2.05) is 24.0 Å². The molecule has 0 unspecified atom stereocenters. The highest BCUT2D eigenvalue weighted by Gasteiger charge is 2.30. The number of carbonyl (C=O) groups is 1. The third-order valence-electron chi connectivity index (χ3n) is 6.30. The van der Waals surface area contributed by atoms with Crippen LogP contribution in [0.3, 0.4) is 0 Å². The zero-order valence-corrected chi connectivity index (χ0v) is 19.8. The number of aryl methyl sites for hydroxylation is 1. The van der Waals surface area contributed by atoms with Gasteiger partial charge in [-0.15, -0.1) is 0 Å². The lowest BCUT2D eigenvalue weighted by molar-refractivity contribution is -0.132. The van der Waals surface area contributed by atoms with E-state index in [0.29, 0.717) is 23.9 Å². The molecular weight excluding hydrogens is 438 g/mol. The van der Waals surface area contributed by atoms with Gasteiger partial charge in [0.25, 0.3) is 10.0 Å². The topological polar surface area (TPSA) is 88.1 Å². The van der Waals surface area contributed by atoms with Crippen LogP contribution < -0.4 is 9.46 Å². The van der Waals surface area contributed by atoms with Gasteiger partial charge in [-0.05, 0) is 68.4 Å². The fraction of sp³-hybridized carbons (Fsp3) is 0.440. The van der Waals surface area contributed by atoms with Crippen LogP contribution in [0.5, 0.6) is 5.75 Å². The van der Waals surface area contributed by atoms with Gasteiger partial charge in [0.2, 0.25) is 5.91 Å². The predicted octanol–water partition coefficient (Wildman–Crippen LogP) is 3.39. The highest BCUT2D eigenvalue weighted by atomic mass is 32.2. The number of hydrogen-bond acceptors (Lipinski definition) is 5. The number of amides is 1. The molecule has 7 nitrogen and oxygen atoms in total. The molecule has 1 saturated heterocycles. The molecule has 33 heavy (non-hydrogen) atoms. The van der Waals surface area contributed by atoms with Gasteiger partial charge in [-0.2, -0.15) is 0 Å². The van der Waals surface area contributed by atoms with Crippen molar-refractivity contribution in [1.82, 2.24) is 9.62 Å². The summed E-state index contributed by atoms with van der Waals surface area (Å²) < 4.78 is 32.3. The summed E-state index contributed by atoms with van der Waals surface area (Å²) in [6.07, 6.45) is 4.49. The second-order valence-electron chi connectivity index (χ2n) is 8.52. The number of aliphatic imine (C=N–C) groups is 1. The Hall–Kier alpha value is -2.87. The van der Waals surface area contributed by atoms with E-state index >= 15 is 0 Å². The number of ether oxygens (including phenoxy) is 1. The number of amidine groups is 1. The first-order valence-corrected chi connectivity index (χ1v) is 13.1. The second-order valence-corrected chi connectivity index (χ2v) is 10.2. The molecule has 2 aliphatic rings. The summed E-state index contributed by atoms with van der Waals surface area (Å²) in [6.45, 7) is 4.48. The summed E-state index contributed by atoms with van der Waals surface area (Å²) >= 11 is 0. The number of benzene rings is 2. The average molecular weight is 470 g/mol. The van der Waals surface area contributed by atoms with E-state index in [1.165, 1.54) is 5.56 Å². The maximum absolute atomic E-state index is 12.6. The van der Waals surface area contributed by atoms with Gasteiger partial charge < -0.3 is 9.64 Å². The molecule has 1 N–H and O–H groups in total. The molecule has 0 aromatic heterocycles. The number of nitrogens with zero attached hydrogens (tertiary/aromatic N) is 2. The second kappa shape index (κ2) is 10.4. The van der Waals surface area contributed by atoms with Crippen molar-refractivity contribution >= 4 is 21.8 Å². The van der Waals surface area contributed by atoms with Gasteiger partial charge in [0.05, 0.1) is 18.0 Å². The van der Waals surface area contributed by atoms with Crippen molar-refractivity contribution in [3.8, 4) is 5.75 Å². The molecular formula is C25H31N3O4S. The summed E-state index contributed by atoms with van der Waals surface area (Å²) in [5, 5.41) is 0. The molecule has 2 aromatic carbocycles. The summed E-state index contributed by atoms with van der Waals surface area (Å²) in [6, 6.07) is 15.1. The molecule has 2 aliphatic heterocycles. The minimum Gasteiger partial charge on any atom is -0.494 e. The number of hydrogen-bond donors (Lipinski definition) is 1.